The normalized spacial score (nSPS) is 13.9. The van der Waals surface area contributed by atoms with Crippen LogP contribution in [0.3, 0.4) is 0 Å². The van der Waals surface area contributed by atoms with Crippen LogP contribution in [0.2, 0.25) is 0 Å². The van der Waals surface area contributed by atoms with Crippen molar-refractivity contribution in [1.29, 1.82) is 0 Å². The monoisotopic (exact) mass is 381 g/mol. The minimum absolute atomic E-state index is 0.0613. The van der Waals surface area contributed by atoms with Crippen LogP contribution in [0.25, 0.3) is 0 Å². The number of carbonyl (C=O) groups is 1. The van der Waals surface area contributed by atoms with E-state index in [0.29, 0.717) is 5.92 Å². The Labute approximate surface area is 170 Å². The zero-order valence-electron chi connectivity index (χ0n) is 17.9. The maximum Gasteiger partial charge on any atom is 0.323 e. The Bertz CT molecular complexity index is 667. The molecule has 0 fully saturated rings. The number of nitrogens with one attached hydrogen (secondary N) is 1. The third-order valence-corrected chi connectivity index (χ3v) is 4.74. The van der Waals surface area contributed by atoms with E-state index in [1.54, 1.807) is 0 Å². The van der Waals surface area contributed by atoms with Crippen LogP contribution in [0.15, 0.2) is 60.7 Å². The van der Waals surface area contributed by atoms with E-state index in [4.69, 9.17) is 4.74 Å². The van der Waals surface area contributed by atoms with E-state index >= 15 is 0 Å². The van der Waals surface area contributed by atoms with Crippen LogP contribution >= 0.6 is 0 Å². The molecule has 0 saturated carbocycles. The quantitative estimate of drug-likeness (QED) is 0.549. The Hall–Kier alpha value is -2.13. The molecule has 3 nitrogen and oxygen atoms in total. The van der Waals surface area contributed by atoms with Crippen LogP contribution in [0, 0.1) is 5.92 Å². The van der Waals surface area contributed by atoms with Crippen molar-refractivity contribution < 1.29 is 9.53 Å². The first kappa shape index (κ1) is 22.2. The van der Waals surface area contributed by atoms with Crippen molar-refractivity contribution in [1.82, 2.24) is 5.32 Å². The van der Waals surface area contributed by atoms with Gasteiger partial charge in [0.05, 0.1) is 6.04 Å². The Morgan fingerprint density at radius 3 is 1.89 bits per heavy atom. The summed E-state index contributed by atoms with van der Waals surface area (Å²) >= 11 is 0. The van der Waals surface area contributed by atoms with Crippen molar-refractivity contribution in [3.8, 4) is 0 Å². The van der Waals surface area contributed by atoms with Crippen molar-refractivity contribution in [2.45, 2.75) is 71.6 Å². The number of rotatable bonds is 9. The second-order valence-electron chi connectivity index (χ2n) is 8.64. The van der Waals surface area contributed by atoms with Crippen LogP contribution in [0.5, 0.6) is 0 Å². The molecule has 0 aliphatic rings. The van der Waals surface area contributed by atoms with E-state index in [-0.39, 0.29) is 18.1 Å². The summed E-state index contributed by atoms with van der Waals surface area (Å²) in [4.78, 5) is 13.0. The highest BCUT2D eigenvalue weighted by atomic mass is 16.6. The molecule has 0 spiro atoms. The van der Waals surface area contributed by atoms with Crippen LogP contribution in [0.4, 0.5) is 0 Å². The first-order valence-corrected chi connectivity index (χ1v) is 10.4. The lowest BCUT2D eigenvalue weighted by Gasteiger charge is -2.30. The molecule has 1 N–H and O–H groups in total. The molecule has 2 rings (SSSR count). The van der Waals surface area contributed by atoms with Gasteiger partial charge in [0.1, 0.15) is 11.6 Å². The number of ether oxygens (including phenoxy) is 1. The predicted molar refractivity (Wildman–Crippen MR) is 116 cm³/mol. The minimum atomic E-state index is -0.500. The Morgan fingerprint density at radius 2 is 1.46 bits per heavy atom. The Balaban J connectivity index is 2.31. The summed E-state index contributed by atoms with van der Waals surface area (Å²) in [5, 5.41) is 3.62. The lowest BCUT2D eigenvalue weighted by molar-refractivity contribution is -0.158. The van der Waals surface area contributed by atoms with Gasteiger partial charge in [-0.2, -0.15) is 0 Å². The third kappa shape index (κ3) is 7.12. The Morgan fingerprint density at radius 1 is 0.964 bits per heavy atom. The van der Waals surface area contributed by atoms with Crippen molar-refractivity contribution in [3.63, 3.8) is 0 Å². The lowest BCUT2D eigenvalue weighted by atomic mass is 9.93. The SMILES string of the molecule is CCCC(C)CC(NC(c1ccccc1)c1ccccc1)C(=O)OC(C)(C)C. The molecule has 152 valence electrons. The standard InChI is InChI=1S/C25H35NO2/c1-6-13-19(2)18-22(24(27)28-25(3,4)5)26-23(20-14-9-7-10-15-20)21-16-11-8-12-17-21/h7-12,14-17,19,22-23,26H,6,13,18H2,1-5H3. The van der Waals surface area contributed by atoms with E-state index in [1.165, 1.54) is 0 Å². The molecule has 0 amide bonds. The fourth-order valence-corrected chi connectivity index (χ4v) is 3.50. The molecule has 2 atom stereocenters. The summed E-state index contributed by atoms with van der Waals surface area (Å²) in [5.74, 6) is 0.273. The molecule has 3 heteroatoms. The maximum atomic E-state index is 13.0. The van der Waals surface area contributed by atoms with Gasteiger partial charge in [0, 0.05) is 0 Å². The van der Waals surface area contributed by atoms with Crippen LogP contribution in [0.1, 0.15) is 71.0 Å². The molecule has 0 aromatic heterocycles. The highest BCUT2D eigenvalue weighted by Crippen LogP contribution is 2.25. The fourth-order valence-electron chi connectivity index (χ4n) is 3.50. The van der Waals surface area contributed by atoms with E-state index < -0.39 is 5.60 Å². The van der Waals surface area contributed by atoms with Gasteiger partial charge in [0.15, 0.2) is 0 Å². The molecule has 2 aromatic carbocycles. The molecule has 0 saturated heterocycles. The van der Waals surface area contributed by atoms with Gasteiger partial charge >= 0.3 is 5.97 Å². The van der Waals surface area contributed by atoms with E-state index in [2.05, 4.69) is 43.4 Å². The molecule has 0 radical (unpaired) electrons. The lowest BCUT2D eigenvalue weighted by Crippen LogP contribution is -2.44. The van der Waals surface area contributed by atoms with Gasteiger partial charge in [-0.15, -0.1) is 0 Å². The topological polar surface area (TPSA) is 38.3 Å². The maximum absolute atomic E-state index is 13.0. The van der Waals surface area contributed by atoms with Gasteiger partial charge < -0.3 is 4.74 Å². The zero-order valence-corrected chi connectivity index (χ0v) is 17.9. The van der Waals surface area contributed by atoms with Gasteiger partial charge in [-0.1, -0.05) is 87.4 Å². The highest BCUT2D eigenvalue weighted by molar-refractivity contribution is 5.76. The second kappa shape index (κ2) is 10.4. The molecule has 0 aliphatic heterocycles. The first-order chi connectivity index (χ1) is 13.3. The number of esters is 1. The zero-order chi connectivity index (χ0) is 20.6. The molecule has 2 unspecified atom stereocenters. The average Bonchev–Trinajstić information content (AvgIpc) is 2.65. The first-order valence-electron chi connectivity index (χ1n) is 10.4. The smallest absolute Gasteiger partial charge is 0.323 e. The highest BCUT2D eigenvalue weighted by Gasteiger charge is 2.29. The summed E-state index contributed by atoms with van der Waals surface area (Å²) in [5.41, 5.74) is 1.79. The fraction of sp³-hybridized carbons (Fsp3) is 0.480. The molecule has 0 heterocycles. The molecule has 0 bridgehead atoms. The van der Waals surface area contributed by atoms with Crippen molar-refractivity contribution in [2.24, 2.45) is 5.92 Å². The van der Waals surface area contributed by atoms with Gasteiger partial charge in [0.2, 0.25) is 0 Å². The van der Waals surface area contributed by atoms with Crippen molar-refractivity contribution >= 4 is 5.97 Å². The van der Waals surface area contributed by atoms with E-state index in [9.17, 15) is 4.79 Å². The van der Waals surface area contributed by atoms with Crippen molar-refractivity contribution in [2.75, 3.05) is 0 Å². The largest absolute Gasteiger partial charge is 0.459 e. The number of hydrogen-bond acceptors (Lipinski definition) is 3. The summed E-state index contributed by atoms with van der Waals surface area (Å²) in [6, 6.07) is 20.2. The van der Waals surface area contributed by atoms with Gasteiger partial charge in [-0.3, -0.25) is 10.1 Å². The predicted octanol–water partition coefficient (Wildman–Crippen LogP) is 5.90. The third-order valence-electron chi connectivity index (χ3n) is 4.74. The summed E-state index contributed by atoms with van der Waals surface area (Å²) in [6.45, 7) is 10.2. The number of hydrogen-bond donors (Lipinski definition) is 1. The van der Waals surface area contributed by atoms with E-state index in [0.717, 1.165) is 30.4 Å². The molecular weight excluding hydrogens is 346 g/mol. The number of benzene rings is 2. The van der Waals surface area contributed by atoms with Crippen LogP contribution in [-0.4, -0.2) is 17.6 Å². The minimum Gasteiger partial charge on any atom is -0.459 e. The van der Waals surface area contributed by atoms with Crippen molar-refractivity contribution in [3.05, 3.63) is 71.8 Å². The van der Waals surface area contributed by atoms with Gasteiger partial charge in [-0.05, 0) is 44.2 Å². The molecule has 2 aromatic rings. The van der Waals surface area contributed by atoms with Crippen LogP contribution in [-0.2, 0) is 9.53 Å². The molecular formula is C25H35NO2. The Kier molecular flexibility index (Phi) is 8.25. The van der Waals surface area contributed by atoms with Crippen LogP contribution < -0.4 is 5.32 Å². The average molecular weight is 382 g/mol. The van der Waals surface area contributed by atoms with Gasteiger partial charge in [-0.25, -0.2) is 0 Å². The second-order valence-corrected chi connectivity index (χ2v) is 8.64. The molecule has 0 aliphatic carbocycles. The van der Waals surface area contributed by atoms with Gasteiger partial charge in [0.25, 0.3) is 0 Å². The summed E-state index contributed by atoms with van der Waals surface area (Å²) < 4.78 is 5.75. The summed E-state index contributed by atoms with van der Waals surface area (Å²) in [7, 11) is 0. The van der Waals surface area contributed by atoms with E-state index in [1.807, 2.05) is 57.2 Å². The molecule has 28 heavy (non-hydrogen) atoms. The summed E-state index contributed by atoms with van der Waals surface area (Å²) in [6.07, 6.45) is 2.98. The number of carbonyl (C=O) groups excluding carboxylic acids is 1.